The van der Waals surface area contributed by atoms with Crippen LogP contribution in [-0.4, -0.2) is 16.7 Å². The molecule has 1 fully saturated rings. The molecule has 1 aromatic heterocycles. The zero-order valence-corrected chi connectivity index (χ0v) is 9.49. The van der Waals surface area contributed by atoms with Crippen molar-refractivity contribution < 1.29 is 4.52 Å². The Hall–Kier alpha value is -1.06. The number of anilines is 1. The zero-order valence-electron chi connectivity index (χ0n) is 9.49. The molecular weight excluding hydrogens is 190 g/mol. The first kappa shape index (κ1) is 10.5. The van der Waals surface area contributed by atoms with E-state index in [1.165, 1.54) is 25.7 Å². The van der Waals surface area contributed by atoms with Crippen molar-refractivity contribution in [3.05, 3.63) is 5.82 Å². The van der Waals surface area contributed by atoms with Crippen LogP contribution in [-0.2, 0) is 0 Å². The third-order valence-electron chi connectivity index (χ3n) is 2.82. The summed E-state index contributed by atoms with van der Waals surface area (Å²) < 4.78 is 5.16. The van der Waals surface area contributed by atoms with Crippen LogP contribution in [0.25, 0.3) is 0 Å². The van der Waals surface area contributed by atoms with Crippen LogP contribution >= 0.6 is 0 Å². The highest BCUT2D eigenvalue weighted by Crippen LogP contribution is 2.32. The first-order chi connectivity index (χ1) is 7.25. The number of hydrogen-bond donors (Lipinski definition) is 1. The van der Waals surface area contributed by atoms with Crippen LogP contribution in [0.5, 0.6) is 0 Å². The highest BCUT2D eigenvalue weighted by Gasteiger charge is 2.22. The molecule has 0 spiro atoms. The molecule has 0 aromatic carbocycles. The third-order valence-corrected chi connectivity index (χ3v) is 2.82. The normalized spacial score (nSPS) is 17.5. The van der Waals surface area contributed by atoms with E-state index in [0.717, 1.165) is 12.4 Å². The standard InChI is InChI=1S/C11H19N3O/c1-8(2)7-12-11-13-10(14-15-11)9-5-3-4-6-9/h8-9H,3-7H2,1-2H3,(H,12,13,14). The van der Waals surface area contributed by atoms with Gasteiger partial charge in [-0.2, -0.15) is 4.98 Å². The average Bonchev–Trinajstić information content (AvgIpc) is 2.85. The first-order valence-electron chi connectivity index (χ1n) is 5.83. The van der Waals surface area contributed by atoms with Crippen LogP contribution in [0, 0.1) is 5.92 Å². The molecular formula is C11H19N3O. The number of hydrogen-bond acceptors (Lipinski definition) is 4. The second kappa shape index (κ2) is 4.64. The van der Waals surface area contributed by atoms with Crippen molar-refractivity contribution in [2.75, 3.05) is 11.9 Å². The molecule has 0 unspecified atom stereocenters. The van der Waals surface area contributed by atoms with E-state index in [1.807, 2.05) is 0 Å². The molecule has 1 aromatic rings. The van der Waals surface area contributed by atoms with Gasteiger partial charge in [0.2, 0.25) is 0 Å². The fourth-order valence-corrected chi connectivity index (χ4v) is 1.95. The maximum Gasteiger partial charge on any atom is 0.321 e. The smallest absolute Gasteiger partial charge is 0.321 e. The molecule has 0 radical (unpaired) electrons. The summed E-state index contributed by atoms with van der Waals surface area (Å²) in [6.45, 7) is 5.19. The van der Waals surface area contributed by atoms with Gasteiger partial charge in [-0.3, -0.25) is 0 Å². The summed E-state index contributed by atoms with van der Waals surface area (Å²) in [4.78, 5) is 4.38. The second-order valence-corrected chi connectivity index (χ2v) is 4.71. The summed E-state index contributed by atoms with van der Waals surface area (Å²) >= 11 is 0. The van der Waals surface area contributed by atoms with Crippen molar-refractivity contribution in [2.45, 2.75) is 45.4 Å². The Balaban J connectivity index is 1.91. The van der Waals surface area contributed by atoms with E-state index in [2.05, 4.69) is 29.3 Å². The Bertz CT molecular complexity index is 303. The number of rotatable bonds is 4. The van der Waals surface area contributed by atoms with Crippen LogP contribution in [0.3, 0.4) is 0 Å². The molecule has 1 N–H and O–H groups in total. The lowest BCUT2D eigenvalue weighted by molar-refractivity contribution is 0.414. The predicted molar refractivity (Wildman–Crippen MR) is 58.8 cm³/mol. The van der Waals surface area contributed by atoms with Gasteiger partial charge in [0.25, 0.3) is 0 Å². The highest BCUT2D eigenvalue weighted by atomic mass is 16.5. The molecule has 0 bridgehead atoms. The molecule has 0 aliphatic heterocycles. The SMILES string of the molecule is CC(C)CNc1nc(C2CCCC2)no1. The summed E-state index contributed by atoms with van der Waals surface area (Å²) in [5.74, 6) is 2.01. The van der Waals surface area contributed by atoms with Gasteiger partial charge in [0, 0.05) is 12.5 Å². The molecule has 84 valence electrons. The Labute approximate surface area is 90.4 Å². The van der Waals surface area contributed by atoms with Crippen molar-refractivity contribution >= 4 is 6.01 Å². The largest absolute Gasteiger partial charge is 0.338 e. The lowest BCUT2D eigenvalue weighted by Crippen LogP contribution is -2.08. The maximum atomic E-state index is 5.16. The van der Waals surface area contributed by atoms with Gasteiger partial charge in [-0.25, -0.2) is 0 Å². The minimum absolute atomic E-state index is 0.531. The summed E-state index contributed by atoms with van der Waals surface area (Å²) in [6, 6.07) is 0.575. The topological polar surface area (TPSA) is 51.0 Å². The number of aromatic nitrogens is 2. The number of nitrogens with one attached hydrogen (secondary N) is 1. The summed E-state index contributed by atoms with van der Waals surface area (Å²) in [5, 5.41) is 7.18. The first-order valence-corrected chi connectivity index (χ1v) is 5.83. The lowest BCUT2D eigenvalue weighted by atomic mass is 10.1. The monoisotopic (exact) mass is 209 g/mol. The van der Waals surface area contributed by atoms with Crippen molar-refractivity contribution in [1.29, 1.82) is 0 Å². The Morgan fingerprint density at radius 3 is 2.80 bits per heavy atom. The van der Waals surface area contributed by atoms with Crippen molar-refractivity contribution in [3.8, 4) is 0 Å². The van der Waals surface area contributed by atoms with Gasteiger partial charge in [0.05, 0.1) is 0 Å². The molecule has 0 amide bonds. The van der Waals surface area contributed by atoms with E-state index in [9.17, 15) is 0 Å². The molecule has 1 aliphatic rings. The molecule has 2 rings (SSSR count). The summed E-state index contributed by atoms with van der Waals surface area (Å²) in [5.41, 5.74) is 0. The second-order valence-electron chi connectivity index (χ2n) is 4.71. The van der Waals surface area contributed by atoms with Gasteiger partial charge in [-0.15, -0.1) is 0 Å². The van der Waals surface area contributed by atoms with Crippen LogP contribution in [0.2, 0.25) is 0 Å². The highest BCUT2D eigenvalue weighted by molar-refractivity contribution is 5.19. The molecule has 1 aliphatic carbocycles. The zero-order chi connectivity index (χ0) is 10.7. The van der Waals surface area contributed by atoms with Gasteiger partial charge in [0.1, 0.15) is 0 Å². The van der Waals surface area contributed by atoms with Gasteiger partial charge in [-0.05, 0) is 18.8 Å². The Morgan fingerprint density at radius 1 is 1.40 bits per heavy atom. The van der Waals surface area contributed by atoms with Crippen molar-refractivity contribution in [2.24, 2.45) is 5.92 Å². The Kier molecular flexibility index (Phi) is 3.23. The van der Waals surface area contributed by atoms with E-state index in [-0.39, 0.29) is 0 Å². The molecule has 0 atom stereocenters. The van der Waals surface area contributed by atoms with Gasteiger partial charge in [0.15, 0.2) is 5.82 Å². The van der Waals surface area contributed by atoms with E-state index < -0.39 is 0 Å². The molecule has 4 nitrogen and oxygen atoms in total. The minimum atomic E-state index is 0.531. The minimum Gasteiger partial charge on any atom is -0.338 e. The lowest BCUT2D eigenvalue weighted by Gasteiger charge is -2.03. The van der Waals surface area contributed by atoms with E-state index in [1.54, 1.807) is 0 Å². The molecule has 4 heteroatoms. The van der Waals surface area contributed by atoms with Crippen LogP contribution in [0.15, 0.2) is 4.52 Å². The van der Waals surface area contributed by atoms with Crippen molar-refractivity contribution in [1.82, 2.24) is 10.1 Å². The van der Waals surface area contributed by atoms with Crippen molar-refractivity contribution in [3.63, 3.8) is 0 Å². The maximum absolute atomic E-state index is 5.16. The average molecular weight is 209 g/mol. The molecule has 1 heterocycles. The summed E-state index contributed by atoms with van der Waals surface area (Å²) in [7, 11) is 0. The quantitative estimate of drug-likeness (QED) is 0.828. The van der Waals surface area contributed by atoms with E-state index in [0.29, 0.717) is 17.9 Å². The fraction of sp³-hybridized carbons (Fsp3) is 0.818. The third kappa shape index (κ3) is 2.70. The van der Waals surface area contributed by atoms with E-state index in [4.69, 9.17) is 4.52 Å². The molecule has 1 saturated carbocycles. The predicted octanol–water partition coefficient (Wildman–Crippen LogP) is 2.80. The van der Waals surface area contributed by atoms with E-state index >= 15 is 0 Å². The van der Waals surface area contributed by atoms with Crippen LogP contribution in [0.4, 0.5) is 6.01 Å². The van der Waals surface area contributed by atoms with Gasteiger partial charge in [-0.1, -0.05) is 31.8 Å². The molecule has 15 heavy (non-hydrogen) atoms. The number of nitrogens with zero attached hydrogens (tertiary/aromatic N) is 2. The van der Waals surface area contributed by atoms with Gasteiger partial charge >= 0.3 is 6.01 Å². The Morgan fingerprint density at radius 2 is 2.13 bits per heavy atom. The van der Waals surface area contributed by atoms with Crippen LogP contribution < -0.4 is 5.32 Å². The fourth-order valence-electron chi connectivity index (χ4n) is 1.95. The molecule has 0 saturated heterocycles. The summed E-state index contributed by atoms with van der Waals surface area (Å²) in [6.07, 6.45) is 5.02. The van der Waals surface area contributed by atoms with Crippen LogP contribution in [0.1, 0.15) is 51.3 Å². The van der Waals surface area contributed by atoms with Gasteiger partial charge < -0.3 is 9.84 Å².